The zero-order valence-electron chi connectivity index (χ0n) is 10.8. The fraction of sp³-hybridized carbons (Fsp3) is 0.562. The summed E-state index contributed by atoms with van der Waals surface area (Å²) in [5.41, 5.74) is 1.45. The van der Waals surface area contributed by atoms with E-state index in [4.69, 9.17) is 0 Å². The van der Waals surface area contributed by atoms with Crippen LogP contribution in [0.4, 0.5) is 4.39 Å². The van der Waals surface area contributed by atoms with Gasteiger partial charge in [0.05, 0.1) is 0 Å². The van der Waals surface area contributed by atoms with E-state index >= 15 is 0 Å². The molecule has 0 amide bonds. The molecule has 4 rings (SSSR count). The van der Waals surface area contributed by atoms with Crippen LogP contribution in [0, 0.1) is 11.2 Å². The summed E-state index contributed by atoms with van der Waals surface area (Å²) in [5.74, 6) is 0.203. The molecule has 2 heteroatoms. The Morgan fingerprint density at radius 3 is 1.94 bits per heavy atom. The minimum absolute atomic E-state index is 0.0260. The van der Waals surface area contributed by atoms with Gasteiger partial charge in [0, 0.05) is 5.41 Å². The Kier molecular flexibility index (Phi) is 2.58. The average Bonchev–Trinajstić information content (AvgIpc) is 2.41. The van der Waals surface area contributed by atoms with Crippen LogP contribution in [0.3, 0.4) is 0 Å². The van der Waals surface area contributed by atoms with Gasteiger partial charge in [0.25, 0.3) is 0 Å². The molecule has 0 N–H and O–H groups in total. The van der Waals surface area contributed by atoms with Crippen molar-refractivity contribution < 1.29 is 9.18 Å². The first-order valence-electron chi connectivity index (χ1n) is 6.84. The number of fused-ring (bicyclic) bond motifs is 3. The molecule has 3 fully saturated rings. The summed E-state index contributed by atoms with van der Waals surface area (Å²) >= 11 is 0. The molecule has 0 atom stereocenters. The maximum absolute atomic E-state index is 13.0. The number of Topliss-reactive ketones (excluding diaryl/α,β-unsaturated/α-hetero) is 1. The van der Waals surface area contributed by atoms with E-state index in [0.717, 1.165) is 38.5 Å². The van der Waals surface area contributed by atoms with Gasteiger partial charge in [-0.2, -0.15) is 0 Å². The third kappa shape index (κ3) is 1.62. The number of halogens is 1. The van der Waals surface area contributed by atoms with E-state index in [9.17, 15) is 9.18 Å². The summed E-state index contributed by atoms with van der Waals surface area (Å²) in [6.07, 6.45) is 6.29. The van der Waals surface area contributed by atoms with Gasteiger partial charge in [0.2, 0.25) is 0 Å². The molecule has 96 valence electrons. The van der Waals surface area contributed by atoms with Gasteiger partial charge in [-0.25, -0.2) is 4.39 Å². The van der Waals surface area contributed by atoms with Crippen molar-refractivity contribution in [3.05, 3.63) is 35.6 Å². The maximum Gasteiger partial charge on any atom is 0.135 e. The first kappa shape index (κ1) is 11.9. The lowest BCUT2D eigenvalue weighted by Gasteiger charge is -2.52. The number of rotatable bonds is 2. The van der Waals surface area contributed by atoms with Crippen molar-refractivity contribution in [1.29, 1.82) is 0 Å². The monoisotopic (exact) mass is 246 g/mol. The van der Waals surface area contributed by atoms with Crippen LogP contribution < -0.4 is 0 Å². The number of ketones is 1. The number of carbonyl (C=O) groups is 1. The minimum atomic E-state index is -0.167. The van der Waals surface area contributed by atoms with Crippen LogP contribution in [0.2, 0.25) is 0 Å². The van der Waals surface area contributed by atoms with E-state index < -0.39 is 0 Å². The lowest BCUT2D eigenvalue weighted by molar-refractivity contribution is -0.133. The molecule has 2 bridgehead atoms. The van der Waals surface area contributed by atoms with Crippen molar-refractivity contribution in [2.24, 2.45) is 5.41 Å². The number of hydrogen-bond acceptors (Lipinski definition) is 1. The molecular formula is C16H19FO. The molecule has 1 nitrogen and oxygen atoms in total. The topological polar surface area (TPSA) is 17.1 Å². The van der Waals surface area contributed by atoms with Crippen molar-refractivity contribution in [2.45, 2.75) is 50.9 Å². The Hall–Kier alpha value is -1.18. The fourth-order valence-electron chi connectivity index (χ4n) is 3.95. The molecule has 0 aromatic heterocycles. The van der Waals surface area contributed by atoms with Crippen LogP contribution in [0.1, 0.15) is 51.0 Å². The van der Waals surface area contributed by atoms with E-state index in [0.29, 0.717) is 5.78 Å². The highest BCUT2D eigenvalue weighted by Crippen LogP contribution is 2.57. The van der Waals surface area contributed by atoms with Crippen LogP contribution in [-0.2, 0) is 10.2 Å². The van der Waals surface area contributed by atoms with E-state index in [2.05, 4.69) is 0 Å². The van der Waals surface area contributed by atoms with Crippen LogP contribution in [0.5, 0.6) is 0 Å². The largest absolute Gasteiger partial charge is 0.299 e. The van der Waals surface area contributed by atoms with Crippen molar-refractivity contribution >= 4 is 5.78 Å². The van der Waals surface area contributed by atoms with Crippen molar-refractivity contribution in [1.82, 2.24) is 0 Å². The summed E-state index contributed by atoms with van der Waals surface area (Å²) in [6, 6.07) is 6.99. The van der Waals surface area contributed by atoms with Crippen LogP contribution in [0.15, 0.2) is 24.3 Å². The summed E-state index contributed by atoms with van der Waals surface area (Å²) in [5, 5.41) is 0. The van der Waals surface area contributed by atoms with E-state index in [1.165, 1.54) is 5.56 Å². The summed E-state index contributed by atoms with van der Waals surface area (Å²) in [6.45, 7) is 1.75. The van der Waals surface area contributed by atoms with Gasteiger partial charge in [-0.15, -0.1) is 0 Å². The van der Waals surface area contributed by atoms with Gasteiger partial charge in [0.15, 0.2) is 0 Å². The van der Waals surface area contributed by atoms with Crippen LogP contribution >= 0.6 is 0 Å². The van der Waals surface area contributed by atoms with Gasteiger partial charge in [-0.05, 0) is 68.6 Å². The predicted molar refractivity (Wildman–Crippen MR) is 68.9 cm³/mol. The highest BCUT2D eigenvalue weighted by atomic mass is 19.1. The molecule has 0 aliphatic heterocycles. The molecular weight excluding hydrogens is 227 g/mol. The van der Waals surface area contributed by atoms with Crippen molar-refractivity contribution in [3.8, 4) is 0 Å². The molecule has 0 unspecified atom stereocenters. The van der Waals surface area contributed by atoms with E-state index in [1.54, 1.807) is 19.1 Å². The van der Waals surface area contributed by atoms with Crippen molar-refractivity contribution in [3.63, 3.8) is 0 Å². The summed E-state index contributed by atoms with van der Waals surface area (Å²) < 4.78 is 13.0. The lowest BCUT2D eigenvalue weighted by Crippen LogP contribution is -2.47. The third-order valence-electron chi connectivity index (χ3n) is 5.45. The van der Waals surface area contributed by atoms with Gasteiger partial charge in [-0.3, -0.25) is 4.79 Å². The Balaban J connectivity index is 1.88. The van der Waals surface area contributed by atoms with Gasteiger partial charge < -0.3 is 0 Å². The molecule has 1 aromatic carbocycles. The predicted octanol–water partition coefficient (Wildman–Crippen LogP) is 4.01. The van der Waals surface area contributed by atoms with E-state index in [1.807, 2.05) is 12.1 Å². The van der Waals surface area contributed by atoms with Crippen LogP contribution in [0.25, 0.3) is 0 Å². The smallest absolute Gasteiger partial charge is 0.135 e. The second-order valence-corrected chi connectivity index (χ2v) is 6.12. The molecule has 0 saturated heterocycles. The summed E-state index contributed by atoms with van der Waals surface area (Å²) in [4.78, 5) is 11.8. The molecule has 0 radical (unpaired) electrons. The number of benzene rings is 1. The van der Waals surface area contributed by atoms with E-state index in [-0.39, 0.29) is 16.6 Å². The van der Waals surface area contributed by atoms with Gasteiger partial charge >= 0.3 is 0 Å². The quantitative estimate of drug-likeness (QED) is 0.770. The number of hydrogen-bond donors (Lipinski definition) is 0. The molecule has 0 heterocycles. The minimum Gasteiger partial charge on any atom is -0.299 e. The second kappa shape index (κ2) is 3.91. The Bertz CT molecular complexity index is 450. The normalized spacial score (nSPS) is 34.6. The lowest BCUT2D eigenvalue weighted by atomic mass is 9.51. The summed E-state index contributed by atoms with van der Waals surface area (Å²) in [7, 11) is 0. The molecule has 1 aromatic rings. The van der Waals surface area contributed by atoms with Crippen molar-refractivity contribution in [2.75, 3.05) is 0 Å². The van der Waals surface area contributed by atoms with Crippen LogP contribution in [-0.4, -0.2) is 5.78 Å². The average molecular weight is 246 g/mol. The Morgan fingerprint density at radius 1 is 1.00 bits per heavy atom. The zero-order chi connectivity index (χ0) is 12.8. The molecule has 18 heavy (non-hydrogen) atoms. The van der Waals surface area contributed by atoms with Gasteiger partial charge in [0.1, 0.15) is 11.6 Å². The first-order chi connectivity index (χ1) is 8.56. The first-order valence-corrected chi connectivity index (χ1v) is 6.84. The number of carbonyl (C=O) groups excluding carboxylic acids is 1. The Labute approximate surface area is 107 Å². The third-order valence-corrected chi connectivity index (χ3v) is 5.45. The maximum atomic E-state index is 13.0. The standard InChI is InChI=1S/C16H19FO/c1-12(18)15-6-9-16(10-7-15,11-8-15)13-2-4-14(17)5-3-13/h2-5H,6-11H2,1H3. The zero-order valence-corrected chi connectivity index (χ0v) is 10.8. The van der Waals surface area contributed by atoms with Gasteiger partial charge in [-0.1, -0.05) is 12.1 Å². The second-order valence-electron chi connectivity index (χ2n) is 6.12. The highest BCUT2D eigenvalue weighted by Gasteiger charge is 2.51. The molecule has 3 aliphatic rings. The molecule has 3 aliphatic carbocycles. The molecule has 3 saturated carbocycles. The fourth-order valence-corrected chi connectivity index (χ4v) is 3.95. The Morgan fingerprint density at radius 2 is 1.50 bits per heavy atom. The SMILES string of the molecule is CC(=O)C12CCC(c3ccc(F)cc3)(CC1)CC2. The molecule has 0 spiro atoms. The highest BCUT2D eigenvalue weighted by molar-refractivity contribution is 5.82.